The third kappa shape index (κ3) is 4.58. The number of nitrogens with two attached hydrogens (primary N) is 1. The number of anilines is 1. The highest BCUT2D eigenvalue weighted by Crippen LogP contribution is 2.28. The van der Waals surface area contributed by atoms with E-state index in [1.807, 2.05) is 30.5 Å². The van der Waals surface area contributed by atoms with E-state index in [0.717, 1.165) is 41.7 Å². The highest BCUT2D eigenvalue weighted by Gasteiger charge is 2.20. The van der Waals surface area contributed by atoms with Gasteiger partial charge in [-0.15, -0.1) is 0 Å². The molecular formula is C23H34N4O. The molecular weight excluding hydrogens is 348 g/mol. The van der Waals surface area contributed by atoms with Crippen molar-refractivity contribution in [2.75, 3.05) is 31.9 Å². The number of nitrogen functional groups attached to an aromatic ring is 1. The van der Waals surface area contributed by atoms with Crippen LogP contribution in [0.15, 0.2) is 36.2 Å². The van der Waals surface area contributed by atoms with E-state index in [-0.39, 0.29) is 11.8 Å². The van der Waals surface area contributed by atoms with Crippen molar-refractivity contribution >= 4 is 22.4 Å². The second kappa shape index (κ2) is 9.28. The number of ketones is 1. The summed E-state index contributed by atoms with van der Waals surface area (Å²) in [6.07, 6.45) is 8.73. The number of benzene rings is 1. The average Bonchev–Trinajstić information content (AvgIpc) is 3.06. The third-order valence-electron chi connectivity index (χ3n) is 5.50. The van der Waals surface area contributed by atoms with Gasteiger partial charge in [0.15, 0.2) is 0 Å². The Hall–Kier alpha value is -2.27. The van der Waals surface area contributed by atoms with Gasteiger partial charge in [-0.05, 0) is 58.3 Å². The lowest BCUT2D eigenvalue weighted by Crippen LogP contribution is -2.36. The minimum absolute atomic E-state index is 0.0645. The summed E-state index contributed by atoms with van der Waals surface area (Å²) in [5, 5.41) is 4.38. The molecule has 1 fully saturated rings. The number of fused-ring (bicyclic) bond motifs is 1. The van der Waals surface area contributed by atoms with Crippen LogP contribution < -0.4 is 11.1 Å². The Bertz CT molecular complexity index is 844. The van der Waals surface area contributed by atoms with Gasteiger partial charge in [-0.3, -0.25) is 4.79 Å². The van der Waals surface area contributed by atoms with Crippen LogP contribution in [0.2, 0.25) is 0 Å². The monoisotopic (exact) mass is 382 g/mol. The van der Waals surface area contributed by atoms with Gasteiger partial charge in [0, 0.05) is 42.0 Å². The molecule has 2 heterocycles. The van der Waals surface area contributed by atoms with Crippen molar-refractivity contribution in [2.45, 2.75) is 52.5 Å². The van der Waals surface area contributed by atoms with Crippen LogP contribution >= 0.6 is 0 Å². The molecule has 0 spiro atoms. The van der Waals surface area contributed by atoms with E-state index in [2.05, 4.69) is 35.6 Å². The number of carbonyl (C=O) groups is 1. The second-order valence-electron chi connectivity index (χ2n) is 8.00. The minimum Gasteiger partial charge on any atom is -0.399 e. The van der Waals surface area contributed by atoms with E-state index in [4.69, 9.17) is 5.73 Å². The molecule has 0 bridgehead atoms. The summed E-state index contributed by atoms with van der Waals surface area (Å²) >= 11 is 0. The summed E-state index contributed by atoms with van der Waals surface area (Å²) in [5.74, 6) is 0.0645. The lowest BCUT2D eigenvalue weighted by atomic mass is 10.1. The molecule has 0 radical (unpaired) electrons. The number of nitrogens with one attached hydrogen (secondary N) is 1. The Labute approximate surface area is 168 Å². The summed E-state index contributed by atoms with van der Waals surface area (Å²) in [5.41, 5.74) is 9.18. The van der Waals surface area contributed by atoms with Gasteiger partial charge in [-0.25, -0.2) is 0 Å². The topological polar surface area (TPSA) is 63.3 Å². The molecule has 28 heavy (non-hydrogen) atoms. The fourth-order valence-corrected chi connectivity index (χ4v) is 4.00. The van der Waals surface area contributed by atoms with E-state index in [0.29, 0.717) is 5.70 Å². The van der Waals surface area contributed by atoms with Crippen molar-refractivity contribution in [3.05, 3.63) is 41.7 Å². The van der Waals surface area contributed by atoms with Gasteiger partial charge in [-0.2, -0.15) is 0 Å². The van der Waals surface area contributed by atoms with Crippen molar-refractivity contribution in [1.29, 1.82) is 0 Å². The maximum Gasteiger partial charge on any atom is 0.210 e. The largest absolute Gasteiger partial charge is 0.399 e. The normalized spacial score (nSPS) is 16.1. The fraction of sp³-hybridized carbons (Fsp3) is 0.522. The smallest absolute Gasteiger partial charge is 0.210 e. The zero-order valence-electron chi connectivity index (χ0n) is 17.5. The number of hydrogen-bond donors (Lipinski definition) is 2. The average molecular weight is 383 g/mol. The van der Waals surface area contributed by atoms with Crippen LogP contribution in [0.4, 0.5) is 5.69 Å². The summed E-state index contributed by atoms with van der Waals surface area (Å²) in [6.45, 7) is 10.4. The highest BCUT2D eigenvalue weighted by molar-refractivity contribution is 6.16. The van der Waals surface area contributed by atoms with Crippen LogP contribution in [0.3, 0.4) is 0 Å². The van der Waals surface area contributed by atoms with Gasteiger partial charge in [0.25, 0.3) is 0 Å². The second-order valence-corrected chi connectivity index (χ2v) is 8.00. The summed E-state index contributed by atoms with van der Waals surface area (Å²) in [7, 11) is 0. The molecule has 3 rings (SSSR count). The molecule has 1 aromatic carbocycles. The number of rotatable bonds is 8. The van der Waals surface area contributed by atoms with Gasteiger partial charge < -0.3 is 20.5 Å². The number of carbonyl (C=O) groups excluding carboxylic acids is 1. The minimum atomic E-state index is 0.0645. The molecule has 0 saturated carbocycles. The number of likely N-dealkylation sites (tertiary alicyclic amines) is 1. The Morgan fingerprint density at radius 3 is 2.68 bits per heavy atom. The number of aromatic nitrogens is 1. The molecule has 5 heteroatoms. The fourth-order valence-electron chi connectivity index (χ4n) is 4.00. The van der Waals surface area contributed by atoms with Crippen molar-refractivity contribution in [1.82, 2.24) is 14.8 Å². The van der Waals surface area contributed by atoms with Crippen molar-refractivity contribution < 1.29 is 4.79 Å². The van der Waals surface area contributed by atoms with Crippen LogP contribution in [0.25, 0.3) is 10.9 Å². The van der Waals surface area contributed by atoms with E-state index >= 15 is 0 Å². The van der Waals surface area contributed by atoms with Crippen LogP contribution in [0, 0.1) is 0 Å². The van der Waals surface area contributed by atoms with Crippen LogP contribution in [0.1, 0.15) is 62.9 Å². The number of nitrogens with zero attached hydrogens (tertiary/aromatic N) is 2. The maximum absolute atomic E-state index is 13.4. The lowest BCUT2D eigenvalue weighted by molar-refractivity contribution is 0.102. The van der Waals surface area contributed by atoms with E-state index in [1.54, 1.807) is 0 Å². The molecule has 1 aliphatic heterocycles. The predicted molar refractivity (Wildman–Crippen MR) is 118 cm³/mol. The highest BCUT2D eigenvalue weighted by atomic mass is 16.1. The van der Waals surface area contributed by atoms with Gasteiger partial charge >= 0.3 is 0 Å². The van der Waals surface area contributed by atoms with Crippen molar-refractivity contribution in [3.8, 4) is 0 Å². The van der Waals surface area contributed by atoms with E-state index < -0.39 is 0 Å². The van der Waals surface area contributed by atoms with Gasteiger partial charge in [0.05, 0.1) is 11.2 Å². The SMILES string of the molecule is CC/C=C(\NCCN1CCCCC1)C(=O)c1cn(C(C)C)c2cc(N)ccc12. The van der Waals surface area contributed by atoms with E-state index in [9.17, 15) is 4.79 Å². The van der Waals surface area contributed by atoms with Crippen LogP contribution in [-0.4, -0.2) is 41.4 Å². The Morgan fingerprint density at radius 1 is 1.25 bits per heavy atom. The predicted octanol–water partition coefficient (Wildman–Crippen LogP) is 4.36. The van der Waals surface area contributed by atoms with Gasteiger partial charge in [-0.1, -0.05) is 25.5 Å². The van der Waals surface area contributed by atoms with Crippen LogP contribution in [0.5, 0.6) is 0 Å². The van der Waals surface area contributed by atoms with Crippen LogP contribution in [-0.2, 0) is 0 Å². The lowest BCUT2D eigenvalue weighted by Gasteiger charge is -2.26. The third-order valence-corrected chi connectivity index (χ3v) is 5.50. The Balaban J connectivity index is 1.80. The van der Waals surface area contributed by atoms with Crippen molar-refractivity contribution in [3.63, 3.8) is 0 Å². The first-order valence-corrected chi connectivity index (χ1v) is 10.6. The molecule has 2 aromatic rings. The zero-order valence-corrected chi connectivity index (χ0v) is 17.5. The summed E-state index contributed by atoms with van der Waals surface area (Å²) in [6, 6.07) is 6.06. The molecule has 5 nitrogen and oxygen atoms in total. The van der Waals surface area contributed by atoms with Crippen molar-refractivity contribution in [2.24, 2.45) is 0 Å². The summed E-state index contributed by atoms with van der Waals surface area (Å²) < 4.78 is 2.14. The number of hydrogen-bond acceptors (Lipinski definition) is 4. The summed E-state index contributed by atoms with van der Waals surface area (Å²) in [4.78, 5) is 15.8. The molecule has 0 atom stereocenters. The zero-order chi connectivity index (χ0) is 20.1. The maximum atomic E-state index is 13.4. The molecule has 0 aliphatic carbocycles. The first kappa shape index (κ1) is 20.5. The Kier molecular flexibility index (Phi) is 6.79. The molecule has 3 N–H and O–H groups in total. The quantitative estimate of drug-likeness (QED) is 0.405. The molecule has 0 unspecified atom stereocenters. The van der Waals surface area contributed by atoms with E-state index in [1.165, 1.54) is 32.4 Å². The molecule has 1 aliphatic rings. The first-order chi connectivity index (χ1) is 13.5. The molecule has 1 saturated heterocycles. The Morgan fingerprint density at radius 2 is 2.00 bits per heavy atom. The number of piperidine rings is 1. The molecule has 152 valence electrons. The molecule has 1 aromatic heterocycles. The standard InChI is InChI=1S/C23H34N4O/c1-4-8-21(25-11-14-26-12-6-5-7-13-26)23(28)20-16-27(17(2)3)22-15-18(24)9-10-19(20)22/h8-10,15-17,25H,4-7,11-14,24H2,1-3H3/b21-8-. The number of allylic oxidation sites excluding steroid dienone is 2. The first-order valence-electron chi connectivity index (χ1n) is 10.6. The number of Topliss-reactive ketones (excluding diaryl/α,β-unsaturated/α-hetero) is 1. The molecule has 0 amide bonds. The van der Waals surface area contributed by atoms with Gasteiger partial charge in [0.2, 0.25) is 5.78 Å². The van der Waals surface area contributed by atoms with Gasteiger partial charge in [0.1, 0.15) is 0 Å².